The summed E-state index contributed by atoms with van der Waals surface area (Å²) in [5, 5.41) is 3.67. The molecule has 0 saturated heterocycles. The Morgan fingerprint density at radius 2 is 1.87 bits per heavy atom. The molecule has 2 aliphatic rings. The first-order valence-electron chi connectivity index (χ1n) is 6.34. The van der Waals surface area contributed by atoms with E-state index in [9.17, 15) is 0 Å². The zero-order valence-corrected chi connectivity index (χ0v) is 9.58. The van der Waals surface area contributed by atoms with Gasteiger partial charge in [-0.15, -0.1) is 6.58 Å². The number of hydrogen-bond donors (Lipinski definition) is 1. The molecule has 0 heterocycles. The average Bonchev–Trinajstić information content (AvgIpc) is 3.09. The van der Waals surface area contributed by atoms with Gasteiger partial charge < -0.3 is 10.1 Å². The minimum absolute atomic E-state index is 0.813. The quantitative estimate of drug-likeness (QED) is 0.465. The van der Waals surface area contributed by atoms with Gasteiger partial charge in [-0.1, -0.05) is 6.08 Å². The minimum Gasteiger partial charge on any atom is -0.380 e. The maximum absolute atomic E-state index is 5.49. The van der Waals surface area contributed by atoms with Crippen LogP contribution < -0.4 is 5.32 Å². The standard InChI is InChI=1S/C13H23NO/c1-2-3-9-15-10-8-14-13(11-4-5-11)12-6-7-12/h2,11-14H,1,3-10H2. The molecule has 2 nitrogen and oxygen atoms in total. The van der Waals surface area contributed by atoms with Crippen molar-refractivity contribution in [1.82, 2.24) is 5.32 Å². The summed E-state index contributed by atoms with van der Waals surface area (Å²) >= 11 is 0. The van der Waals surface area contributed by atoms with E-state index in [1.807, 2.05) is 6.08 Å². The SMILES string of the molecule is C=CCCOCCNC(C1CC1)C1CC1. The Morgan fingerprint density at radius 3 is 2.40 bits per heavy atom. The highest BCUT2D eigenvalue weighted by molar-refractivity contribution is 4.96. The molecule has 2 heteroatoms. The maximum Gasteiger partial charge on any atom is 0.0591 e. The Balaban J connectivity index is 1.50. The van der Waals surface area contributed by atoms with Crippen LogP contribution in [0.3, 0.4) is 0 Å². The molecule has 1 N–H and O–H groups in total. The van der Waals surface area contributed by atoms with Crippen molar-refractivity contribution in [2.45, 2.75) is 38.1 Å². The lowest BCUT2D eigenvalue weighted by molar-refractivity contribution is 0.136. The van der Waals surface area contributed by atoms with Crippen LogP contribution in [0.5, 0.6) is 0 Å². The second-order valence-corrected chi connectivity index (χ2v) is 4.84. The summed E-state index contributed by atoms with van der Waals surface area (Å²) in [5.41, 5.74) is 0. The highest BCUT2D eigenvalue weighted by Gasteiger charge is 2.40. The molecule has 86 valence electrons. The van der Waals surface area contributed by atoms with Crippen LogP contribution in [-0.2, 0) is 4.74 Å². The Labute approximate surface area is 93.1 Å². The largest absolute Gasteiger partial charge is 0.380 e. The molecule has 0 aliphatic heterocycles. The van der Waals surface area contributed by atoms with Crippen LogP contribution in [0.15, 0.2) is 12.7 Å². The predicted molar refractivity (Wildman–Crippen MR) is 62.9 cm³/mol. The molecule has 0 spiro atoms. The third-order valence-electron chi connectivity index (χ3n) is 3.35. The molecule has 2 saturated carbocycles. The van der Waals surface area contributed by atoms with Crippen molar-refractivity contribution in [3.05, 3.63) is 12.7 Å². The normalized spacial score (nSPS) is 20.9. The van der Waals surface area contributed by atoms with Crippen LogP contribution in [0.2, 0.25) is 0 Å². The topological polar surface area (TPSA) is 21.3 Å². The molecule has 0 unspecified atom stereocenters. The molecule has 2 fully saturated rings. The first-order valence-corrected chi connectivity index (χ1v) is 6.34. The second kappa shape index (κ2) is 5.66. The van der Waals surface area contributed by atoms with Crippen LogP contribution in [0.1, 0.15) is 32.1 Å². The summed E-state index contributed by atoms with van der Waals surface area (Å²) in [6.45, 7) is 6.37. The fourth-order valence-corrected chi connectivity index (χ4v) is 2.20. The van der Waals surface area contributed by atoms with Gasteiger partial charge in [0.15, 0.2) is 0 Å². The summed E-state index contributed by atoms with van der Waals surface area (Å²) in [7, 11) is 0. The Bertz CT molecular complexity index is 185. The lowest BCUT2D eigenvalue weighted by Crippen LogP contribution is -2.35. The van der Waals surface area contributed by atoms with E-state index in [2.05, 4.69) is 11.9 Å². The average molecular weight is 209 g/mol. The molecule has 15 heavy (non-hydrogen) atoms. The van der Waals surface area contributed by atoms with Crippen LogP contribution in [0.25, 0.3) is 0 Å². The third kappa shape index (κ3) is 3.96. The van der Waals surface area contributed by atoms with Gasteiger partial charge in [-0.2, -0.15) is 0 Å². The molecule has 0 aromatic rings. The van der Waals surface area contributed by atoms with Crippen molar-refractivity contribution >= 4 is 0 Å². The van der Waals surface area contributed by atoms with Gasteiger partial charge >= 0.3 is 0 Å². The highest BCUT2D eigenvalue weighted by atomic mass is 16.5. The number of hydrogen-bond acceptors (Lipinski definition) is 2. The summed E-state index contributed by atoms with van der Waals surface area (Å²) in [6.07, 6.45) is 8.67. The predicted octanol–water partition coefficient (Wildman–Crippen LogP) is 2.36. The summed E-state index contributed by atoms with van der Waals surface area (Å²) in [5.74, 6) is 1.98. The molecular formula is C13H23NO. The molecule has 0 amide bonds. The Morgan fingerprint density at radius 1 is 1.20 bits per heavy atom. The van der Waals surface area contributed by atoms with Crippen molar-refractivity contribution < 1.29 is 4.74 Å². The van der Waals surface area contributed by atoms with Gasteiger partial charge in [0.1, 0.15) is 0 Å². The Kier molecular flexibility index (Phi) is 4.21. The number of rotatable bonds is 9. The van der Waals surface area contributed by atoms with Gasteiger partial charge in [-0.25, -0.2) is 0 Å². The van der Waals surface area contributed by atoms with Crippen molar-refractivity contribution in [3.63, 3.8) is 0 Å². The third-order valence-corrected chi connectivity index (χ3v) is 3.35. The van der Waals surface area contributed by atoms with Crippen molar-refractivity contribution in [2.75, 3.05) is 19.8 Å². The summed E-state index contributed by atoms with van der Waals surface area (Å²) in [6, 6.07) is 0.813. The van der Waals surface area contributed by atoms with E-state index in [1.54, 1.807) is 0 Å². The zero-order chi connectivity index (χ0) is 10.5. The lowest BCUT2D eigenvalue weighted by Gasteiger charge is -2.17. The number of ether oxygens (including phenoxy) is 1. The maximum atomic E-state index is 5.49. The van der Waals surface area contributed by atoms with Gasteiger partial charge in [-0.05, 0) is 43.9 Å². The first-order chi connectivity index (χ1) is 7.42. The van der Waals surface area contributed by atoms with Gasteiger partial charge in [0.2, 0.25) is 0 Å². The van der Waals surface area contributed by atoms with E-state index < -0.39 is 0 Å². The molecule has 0 aromatic carbocycles. The van der Waals surface area contributed by atoms with Crippen molar-refractivity contribution in [3.8, 4) is 0 Å². The van der Waals surface area contributed by atoms with Crippen LogP contribution in [0, 0.1) is 11.8 Å². The van der Waals surface area contributed by atoms with Gasteiger partial charge in [0, 0.05) is 12.6 Å². The second-order valence-electron chi connectivity index (χ2n) is 4.84. The molecule has 2 aliphatic carbocycles. The molecule has 2 rings (SSSR count). The number of nitrogens with one attached hydrogen (secondary N) is 1. The lowest BCUT2D eigenvalue weighted by atomic mass is 10.1. The molecular weight excluding hydrogens is 186 g/mol. The molecule has 0 bridgehead atoms. The summed E-state index contributed by atoms with van der Waals surface area (Å²) in [4.78, 5) is 0. The monoisotopic (exact) mass is 209 g/mol. The van der Waals surface area contributed by atoms with Crippen molar-refractivity contribution in [1.29, 1.82) is 0 Å². The van der Waals surface area contributed by atoms with E-state index in [4.69, 9.17) is 4.74 Å². The minimum atomic E-state index is 0.813. The fraction of sp³-hybridized carbons (Fsp3) is 0.846. The smallest absolute Gasteiger partial charge is 0.0591 e. The molecule has 0 atom stereocenters. The molecule has 0 aromatic heterocycles. The van der Waals surface area contributed by atoms with Crippen LogP contribution in [0.4, 0.5) is 0 Å². The zero-order valence-electron chi connectivity index (χ0n) is 9.58. The van der Waals surface area contributed by atoms with Gasteiger partial charge in [0.05, 0.1) is 13.2 Å². The van der Waals surface area contributed by atoms with E-state index in [-0.39, 0.29) is 0 Å². The van der Waals surface area contributed by atoms with Crippen LogP contribution in [-0.4, -0.2) is 25.8 Å². The van der Waals surface area contributed by atoms with Gasteiger partial charge in [-0.3, -0.25) is 0 Å². The van der Waals surface area contributed by atoms with Gasteiger partial charge in [0.25, 0.3) is 0 Å². The van der Waals surface area contributed by atoms with Crippen molar-refractivity contribution in [2.24, 2.45) is 11.8 Å². The van der Waals surface area contributed by atoms with Crippen LogP contribution >= 0.6 is 0 Å². The fourth-order valence-electron chi connectivity index (χ4n) is 2.20. The molecule has 0 radical (unpaired) electrons. The van der Waals surface area contributed by atoms with E-state index in [0.29, 0.717) is 0 Å². The first kappa shape index (κ1) is 11.2. The van der Waals surface area contributed by atoms with E-state index >= 15 is 0 Å². The highest BCUT2D eigenvalue weighted by Crippen LogP contribution is 2.44. The van der Waals surface area contributed by atoms with E-state index in [0.717, 1.165) is 44.1 Å². The Hall–Kier alpha value is -0.340. The summed E-state index contributed by atoms with van der Waals surface area (Å²) < 4.78 is 5.49. The van der Waals surface area contributed by atoms with E-state index in [1.165, 1.54) is 25.7 Å².